The minimum atomic E-state index is -1.34. The van der Waals surface area contributed by atoms with Gasteiger partial charge in [0.25, 0.3) is 0 Å². The van der Waals surface area contributed by atoms with Gasteiger partial charge >= 0.3 is 7.12 Å². The van der Waals surface area contributed by atoms with E-state index in [9.17, 15) is 9.59 Å². The van der Waals surface area contributed by atoms with Crippen LogP contribution in [0.3, 0.4) is 0 Å². The first-order valence-electron chi connectivity index (χ1n) is 32.4. The number of benzene rings is 8. The number of piperidine rings is 1. The number of imide groups is 1. The van der Waals surface area contributed by atoms with E-state index in [0.717, 1.165) is 75.7 Å². The number of nitrogens with one attached hydrogen (secondary N) is 3. The van der Waals surface area contributed by atoms with Crippen molar-refractivity contribution in [3.63, 3.8) is 0 Å². The Hall–Kier alpha value is -10.9. The predicted octanol–water partition coefficient (Wildman–Crippen LogP) is 15.0. The third kappa shape index (κ3) is 23.6. The van der Waals surface area contributed by atoms with E-state index in [1.165, 1.54) is 5.56 Å². The fourth-order valence-corrected chi connectivity index (χ4v) is 11.5. The van der Waals surface area contributed by atoms with E-state index in [2.05, 4.69) is 113 Å². The van der Waals surface area contributed by atoms with Gasteiger partial charge in [-0.15, -0.1) is 0 Å². The summed E-state index contributed by atoms with van der Waals surface area (Å²) in [5, 5.41) is 43.2. The van der Waals surface area contributed by atoms with Gasteiger partial charge in [0.05, 0.1) is 17.1 Å². The molecule has 2 amide bonds. The van der Waals surface area contributed by atoms with Crippen LogP contribution in [0.4, 0.5) is 23.0 Å². The molecule has 13 aromatic rings. The molecule has 1 fully saturated rings. The molecule has 0 aliphatic carbocycles. The number of hydrogen-bond donors (Lipinski definition) is 6. The van der Waals surface area contributed by atoms with Crippen molar-refractivity contribution in [3.8, 4) is 51.3 Å². The maximum absolute atomic E-state index is 11.7. The zero-order chi connectivity index (χ0) is 72.2. The van der Waals surface area contributed by atoms with Crippen molar-refractivity contribution in [2.24, 2.45) is 28.2 Å². The standard InChI is InChI=1S/C29H26N4O2.C15H16N4O2.C14H15NO.C10H9BrN2.C6H7BO2.C4H4Br2N2/c1-33-26(24-15-9-4-10-16-24)19-27(32-33)30-25-17-18-28(34-20-22-11-5-2-6-12-22)31-29(25)35-21-23-13-7-3-8-14-23;1-19-12(10-5-3-2-4-6-10)9-13(18-19)16-11-7-8-14(20)17-15(11)21;1-11-9-13(7-8-14(11)15)16-10-12-5-3-2-4-6-12;1-13-9(7-10(11)12-13)8-5-3-2-4-6-8;8-7(9)6-4-2-1-3-5-6;1-8-4(6)2-3(5)7-8/h2-19H,20-21H2,1H3,(H,30,32);2-6,9,11H,7-8H2,1H3,(H,16,18)(H,17,20,21);2-9H,10,15H2,1H3;2-7H,1H3;1-5,8-9H;2H,1H3. The first-order valence-corrected chi connectivity index (χ1v) is 34.7. The fraction of sp³-hybridized carbons (Fsp3) is 0.141. The number of nitrogens with two attached hydrogens (primary N) is 1. The molecule has 14 rings (SSSR count). The highest BCUT2D eigenvalue weighted by molar-refractivity contribution is 9.11. The summed E-state index contributed by atoms with van der Waals surface area (Å²) in [4.78, 5) is 27.5. The van der Waals surface area contributed by atoms with Gasteiger partial charge in [0.15, 0.2) is 5.82 Å². The molecule has 0 radical (unpaired) electrons. The molecule has 0 saturated carbocycles. The lowest BCUT2D eigenvalue weighted by Gasteiger charge is -2.21. The number of ether oxygens (including phenoxy) is 3. The summed E-state index contributed by atoms with van der Waals surface area (Å²) in [6.45, 7) is 3.39. The van der Waals surface area contributed by atoms with E-state index in [1.54, 1.807) is 33.6 Å². The number of carbonyl (C=O) groups is 2. The molecule has 1 unspecified atom stereocenters. The highest BCUT2D eigenvalue weighted by Crippen LogP contribution is 2.32. The van der Waals surface area contributed by atoms with Crippen LogP contribution in [0.25, 0.3) is 33.8 Å². The number of rotatable bonds is 17. The number of amides is 2. The summed E-state index contributed by atoms with van der Waals surface area (Å²) >= 11 is 9.86. The number of nitrogen functional groups attached to an aromatic ring is 1. The van der Waals surface area contributed by atoms with Crippen molar-refractivity contribution in [3.05, 3.63) is 303 Å². The number of aromatic nitrogens is 9. The molecule has 6 heterocycles. The molecule has 102 heavy (non-hydrogen) atoms. The van der Waals surface area contributed by atoms with Crippen LogP contribution >= 0.6 is 47.8 Å². The van der Waals surface area contributed by atoms with E-state index in [0.29, 0.717) is 67.2 Å². The Morgan fingerprint density at radius 2 is 0.951 bits per heavy atom. The molecule has 0 spiro atoms. The van der Waals surface area contributed by atoms with Crippen LogP contribution in [0.2, 0.25) is 0 Å². The minimum Gasteiger partial charge on any atom is -0.489 e. The number of nitrogens with zero attached hydrogens (tertiary/aromatic N) is 9. The zero-order valence-electron chi connectivity index (χ0n) is 56.8. The van der Waals surface area contributed by atoms with Crippen molar-refractivity contribution in [1.29, 1.82) is 0 Å². The molecule has 5 aromatic heterocycles. The van der Waals surface area contributed by atoms with Crippen LogP contribution in [-0.4, -0.2) is 79.1 Å². The lowest BCUT2D eigenvalue weighted by Crippen LogP contribution is -2.47. The topological polar surface area (TPSA) is 249 Å². The lowest BCUT2D eigenvalue weighted by atomic mass is 9.81. The summed E-state index contributed by atoms with van der Waals surface area (Å²) in [5.74, 6) is 2.62. The molecule has 24 heteroatoms. The van der Waals surface area contributed by atoms with Crippen LogP contribution in [0, 0.1) is 6.92 Å². The number of anilines is 4. The van der Waals surface area contributed by atoms with Crippen molar-refractivity contribution in [2.45, 2.75) is 45.6 Å². The zero-order valence-corrected chi connectivity index (χ0v) is 61.5. The molecule has 1 aliphatic rings. The molecule has 0 bridgehead atoms. The van der Waals surface area contributed by atoms with Gasteiger partial charge in [-0.05, 0) is 136 Å². The molecule has 1 saturated heterocycles. The molecule has 1 aliphatic heterocycles. The van der Waals surface area contributed by atoms with E-state index in [4.69, 9.17) is 30.0 Å². The molecule has 20 nitrogen and oxygen atoms in total. The summed E-state index contributed by atoms with van der Waals surface area (Å²) in [6, 6.07) is 85.9. The van der Waals surface area contributed by atoms with E-state index in [1.807, 2.05) is 263 Å². The van der Waals surface area contributed by atoms with Crippen molar-refractivity contribution in [1.82, 2.24) is 49.4 Å². The first-order chi connectivity index (χ1) is 49.4. The van der Waals surface area contributed by atoms with Gasteiger partial charge in [0.2, 0.25) is 23.6 Å². The highest BCUT2D eigenvalue weighted by Gasteiger charge is 2.27. The molecule has 8 aromatic carbocycles. The molecular weight excluding hydrogens is 1480 g/mol. The van der Waals surface area contributed by atoms with Crippen LogP contribution in [0.5, 0.6) is 17.5 Å². The monoisotopic (exact) mass is 1560 g/mol. The molecule has 7 N–H and O–H groups in total. The number of halogens is 3. The number of pyridine rings is 1. The van der Waals surface area contributed by atoms with Crippen LogP contribution < -0.4 is 41.4 Å². The third-order valence-electron chi connectivity index (χ3n) is 15.3. The van der Waals surface area contributed by atoms with Gasteiger partial charge in [-0.3, -0.25) is 33.6 Å². The van der Waals surface area contributed by atoms with Gasteiger partial charge in [-0.25, -0.2) is 0 Å². The normalized spacial score (nSPS) is 11.9. The second kappa shape index (κ2) is 38.6. The maximum atomic E-state index is 11.7. The van der Waals surface area contributed by atoms with E-state index < -0.39 is 13.2 Å². The number of carbonyl (C=O) groups excluding carboxylic acids is 2. The quantitative estimate of drug-likeness (QED) is 0.0282. The Labute approximate surface area is 618 Å². The maximum Gasteiger partial charge on any atom is 0.488 e. The summed E-state index contributed by atoms with van der Waals surface area (Å²) in [6.07, 6.45) is 0.837. The van der Waals surface area contributed by atoms with Crippen molar-refractivity contribution in [2.75, 3.05) is 16.4 Å². The molecule has 1 atom stereocenters. The van der Waals surface area contributed by atoms with Crippen LogP contribution in [-0.2, 0) is 57.6 Å². The molecular formula is C78H77BBr3N13O7. The average Bonchev–Trinajstić information content (AvgIpc) is 1.65. The highest BCUT2D eigenvalue weighted by atomic mass is 79.9. The predicted molar refractivity (Wildman–Crippen MR) is 414 cm³/mol. The Bertz CT molecular complexity index is 4690. The van der Waals surface area contributed by atoms with E-state index in [-0.39, 0.29) is 11.8 Å². The van der Waals surface area contributed by atoms with Crippen molar-refractivity contribution < 1.29 is 33.8 Å². The van der Waals surface area contributed by atoms with Crippen molar-refractivity contribution >= 4 is 95.2 Å². The average molecular weight is 1560 g/mol. The number of hydrogen-bond acceptors (Lipinski definition) is 15. The third-order valence-corrected chi connectivity index (χ3v) is 16.8. The largest absolute Gasteiger partial charge is 0.489 e. The number of aryl methyl sites for hydroxylation is 5. The van der Waals surface area contributed by atoms with Gasteiger partial charge in [-0.1, -0.05) is 212 Å². The van der Waals surface area contributed by atoms with Crippen LogP contribution in [0.1, 0.15) is 35.1 Å². The summed E-state index contributed by atoms with van der Waals surface area (Å²) in [7, 11) is 6.25. The smallest absolute Gasteiger partial charge is 0.488 e. The minimum absolute atomic E-state index is 0.218. The van der Waals surface area contributed by atoms with Gasteiger partial charge < -0.3 is 40.6 Å². The fourth-order valence-electron chi connectivity index (χ4n) is 9.97. The van der Waals surface area contributed by atoms with Crippen LogP contribution in [0.15, 0.2) is 281 Å². The summed E-state index contributed by atoms with van der Waals surface area (Å²) in [5.41, 5.74) is 18.5. The Kier molecular flexibility index (Phi) is 28.5. The first kappa shape index (κ1) is 75.3. The molecule has 520 valence electrons. The van der Waals surface area contributed by atoms with Gasteiger partial charge in [0.1, 0.15) is 56.9 Å². The Balaban J connectivity index is 0.000000154. The van der Waals surface area contributed by atoms with Gasteiger partial charge in [-0.2, -0.15) is 25.4 Å². The van der Waals surface area contributed by atoms with E-state index >= 15 is 0 Å². The Morgan fingerprint density at radius 1 is 0.510 bits per heavy atom. The Morgan fingerprint density at radius 3 is 1.39 bits per heavy atom. The lowest BCUT2D eigenvalue weighted by molar-refractivity contribution is -0.133. The summed E-state index contributed by atoms with van der Waals surface area (Å²) < 4.78 is 27.6. The SMILES string of the molecule is Cc1cc(OCc2ccccc2)ccc1N.Cn1nc(Br)cc1-c1ccccc1.Cn1nc(Br)cc1Br.Cn1nc(NC2CCC(=O)NC2=O)cc1-c1ccccc1.Cn1nc(Nc2ccc(OCc3ccccc3)nc2OCc2ccccc2)cc1-c1ccccc1.OB(O)c1ccccc1. The second-order valence-corrected chi connectivity index (χ2v) is 25.4. The van der Waals surface area contributed by atoms with Gasteiger partial charge in [0, 0.05) is 64.6 Å². The second-order valence-electron chi connectivity index (χ2n) is 23.0.